The molecule has 3 N–H and O–H groups in total. The molecule has 0 spiro atoms. The fourth-order valence-corrected chi connectivity index (χ4v) is 1.04. The second-order valence-electron chi connectivity index (χ2n) is 3.36. The van der Waals surface area contributed by atoms with E-state index in [2.05, 4.69) is 10.4 Å². The highest BCUT2D eigenvalue weighted by Crippen LogP contribution is 1.92. The van der Waals surface area contributed by atoms with Gasteiger partial charge in [0.25, 0.3) is 0 Å². The quantitative estimate of drug-likeness (QED) is 0.691. The Bertz CT molecular complexity index is 306. The standard InChI is InChI=1S/C9H16N4O/c1-7-5-12-13(6-7)4-3-11-9(14)8(2)10/h5-6,8H,3-4,10H2,1-2H3,(H,11,14)/t8-/m0/s1. The predicted octanol–water partition coefficient (Wildman–Crippen LogP) is -0.345. The van der Waals surface area contributed by atoms with Crippen molar-refractivity contribution in [2.45, 2.75) is 26.4 Å². The van der Waals surface area contributed by atoms with Crippen LogP contribution in [0.15, 0.2) is 12.4 Å². The van der Waals surface area contributed by atoms with Crippen LogP contribution in [0.3, 0.4) is 0 Å². The van der Waals surface area contributed by atoms with Crippen LogP contribution < -0.4 is 11.1 Å². The lowest BCUT2D eigenvalue weighted by Gasteiger charge is -2.07. The molecule has 5 nitrogen and oxygen atoms in total. The van der Waals surface area contributed by atoms with Crippen LogP contribution in [-0.4, -0.2) is 28.3 Å². The Labute approximate surface area is 83.3 Å². The monoisotopic (exact) mass is 196 g/mol. The zero-order chi connectivity index (χ0) is 10.6. The summed E-state index contributed by atoms with van der Waals surface area (Å²) in [6.07, 6.45) is 3.71. The molecule has 0 aromatic carbocycles. The summed E-state index contributed by atoms with van der Waals surface area (Å²) in [4.78, 5) is 11.1. The fraction of sp³-hybridized carbons (Fsp3) is 0.556. The first-order valence-corrected chi connectivity index (χ1v) is 4.62. The SMILES string of the molecule is Cc1cnn(CCNC(=O)[C@H](C)N)c1. The molecule has 0 aliphatic heterocycles. The zero-order valence-electron chi connectivity index (χ0n) is 8.53. The first kappa shape index (κ1) is 10.7. The number of nitrogens with zero attached hydrogens (tertiary/aromatic N) is 2. The Balaban J connectivity index is 2.25. The first-order valence-electron chi connectivity index (χ1n) is 4.62. The Morgan fingerprint density at radius 2 is 2.50 bits per heavy atom. The molecule has 0 aliphatic carbocycles. The minimum absolute atomic E-state index is 0.131. The molecule has 0 bridgehead atoms. The number of amides is 1. The number of carbonyl (C=O) groups excluding carboxylic acids is 1. The van der Waals surface area contributed by atoms with Gasteiger partial charge in [-0.2, -0.15) is 5.10 Å². The van der Waals surface area contributed by atoms with Crippen molar-refractivity contribution in [1.29, 1.82) is 0 Å². The van der Waals surface area contributed by atoms with E-state index >= 15 is 0 Å². The Morgan fingerprint density at radius 3 is 3.00 bits per heavy atom. The summed E-state index contributed by atoms with van der Waals surface area (Å²) >= 11 is 0. The summed E-state index contributed by atoms with van der Waals surface area (Å²) in [6, 6.07) is -0.450. The van der Waals surface area contributed by atoms with E-state index < -0.39 is 6.04 Å². The van der Waals surface area contributed by atoms with Gasteiger partial charge in [-0.05, 0) is 19.4 Å². The molecule has 14 heavy (non-hydrogen) atoms. The van der Waals surface area contributed by atoms with Crippen LogP contribution in [-0.2, 0) is 11.3 Å². The average molecular weight is 196 g/mol. The smallest absolute Gasteiger partial charge is 0.236 e. The maximum atomic E-state index is 11.1. The van der Waals surface area contributed by atoms with Crippen molar-refractivity contribution in [2.75, 3.05) is 6.54 Å². The third-order valence-electron chi connectivity index (χ3n) is 1.82. The number of nitrogens with one attached hydrogen (secondary N) is 1. The van der Waals surface area contributed by atoms with E-state index in [1.807, 2.05) is 13.1 Å². The summed E-state index contributed by atoms with van der Waals surface area (Å²) in [6.45, 7) is 4.87. The maximum Gasteiger partial charge on any atom is 0.236 e. The minimum Gasteiger partial charge on any atom is -0.353 e. The van der Waals surface area contributed by atoms with Crippen molar-refractivity contribution in [3.63, 3.8) is 0 Å². The van der Waals surface area contributed by atoms with E-state index in [1.54, 1.807) is 17.8 Å². The van der Waals surface area contributed by atoms with Crippen LogP contribution in [0.4, 0.5) is 0 Å². The van der Waals surface area contributed by atoms with Crippen molar-refractivity contribution in [1.82, 2.24) is 15.1 Å². The molecule has 78 valence electrons. The van der Waals surface area contributed by atoms with Gasteiger partial charge in [-0.25, -0.2) is 0 Å². The van der Waals surface area contributed by atoms with E-state index in [0.717, 1.165) is 5.56 Å². The predicted molar refractivity (Wildman–Crippen MR) is 53.6 cm³/mol. The number of aromatic nitrogens is 2. The number of rotatable bonds is 4. The summed E-state index contributed by atoms with van der Waals surface area (Å²) in [5.41, 5.74) is 6.50. The van der Waals surface area contributed by atoms with Crippen molar-refractivity contribution in [3.05, 3.63) is 18.0 Å². The molecule has 1 amide bonds. The van der Waals surface area contributed by atoms with Crippen LogP contribution in [0.25, 0.3) is 0 Å². The minimum atomic E-state index is -0.450. The highest BCUT2D eigenvalue weighted by Gasteiger charge is 2.05. The molecule has 1 aromatic heterocycles. The van der Waals surface area contributed by atoms with Gasteiger partial charge >= 0.3 is 0 Å². The second-order valence-corrected chi connectivity index (χ2v) is 3.36. The zero-order valence-corrected chi connectivity index (χ0v) is 8.53. The Hall–Kier alpha value is -1.36. The van der Waals surface area contributed by atoms with Gasteiger partial charge in [-0.1, -0.05) is 0 Å². The summed E-state index contributed by atoms with van der Waals surface area (Å²) < 4.78 is 1.79. The normalized spacial score (nSPS) is 12.5. The van der Waals surface area contributed by atoms with E-state index in [4.69, 9.17) is 5.73 Å². The number of hydrogen-bond acceptors (Lipinski definition) is 3. The Kier molecular flexibility index (Phi) is 3.64. The molecule has 5 heteroatoms. The molecule has 0 aliphatic rings. The molecule has 1 atom stereocenters. The molecular weight excluding hydrogens is 180 g/mol. The van der Waals surface area contributed by atoms with Crippen LogP contribution >= 0.6 is 0 Å². The lowest BCUT2D eigenvalue weighted by atomic mass is 10.3. The topological polar surface area (TPSA) is 72.9 Å². The lowest BCUT2D eigenvalue weighted by molar-refractivity contribution is -0.122. The number of aryl methyl sites for hydroxylation is 1. The summed E-state index contributed by atoms with van der Waals surface area (Å²) in [5.74, 6) is -0.131. The fourth-order valence-electron chi connectivity index (χ4n) is 1.04. The second kappa shape index (κ2) is 4.76. The third-order valence-corrected chi connectivity index (χ3v) is 1.82. The van der Waals surface area contributed by atoms with Crippen LogP contribution in [0.2, 0.25) is 0 Å². The molecule has 0 unspecified atom stereocenters. The molecular formula is C9H16N4O. The van der Waals surface area contributed by atoms with Gasteiger partial charge in [-0.3, -0.25) is 9.48 Å². The van der Waals surface area contributed by atoms with Gasteiger partial charge < -0.3 is 11.1 Å². The Morgan fingerprint density at radius 1 is 1.79 bits per heavy atom. The molecule has 0 saturated carbocycles. The van der Waals surface area contributed by atoms with Crippen LogP contribution in [0.5, 0.6) is 0 Å². The highest BCUT2D eigenvalue weighted by molar-refractivity contribution is 5.80. The van der Waals surface area contributed by atoms with Crippen LogP contribution in [0, 0.1) is 6.92 Å². The van der Waals surface area contributed by atoms with E-state index in [0.29, 0.717) is 13.1 Å². The molecule has 1 rings (SSSR count). The van der Waals surface area contributed by atoms with Gasteiger partial charge in [0.05, 0.1) is 18.8 Å². The molecule has 0 radical (unpaired) electrons. The molecule has 1 heterocycles. The van der Waals surface area contributed by atoms with E-state index in [1.165, 1.54) is 0 Å². The summed E-state index contributed by atoms with van der Waals surface area (Å²) in [7, 11) is 0. The van der Waals surface area contributed by atoms with Crippen LogP contribution in [0.1, 0.15) is 12.5 Å². The van der Waals surface area contributed by atoms with Gasteiger partial charge in [0.2, 0.25) is 5.91 Å². The van der Waals surface area contributed by atoms with Gasteiger partial charge in [-0.15, -0.1) is 0 Å². The maximum absolute atomic E-state index is 11.1. The van der Waals surface area contributed by atoms with Crippen molar-refractivity contribution < 1.29 is 4.79 Å². The lowest BCUT2D eigenvalue weighted by Crippen LogP contribution is -2.39. The van der Waals surface area contributed by atoms with Gasteiger partial charge in [0, 0.05) is 12.7 Å². The van der Waals surface area contributed by atoms with Gasteiger partial charge in [0.1, 0.15) is 0 Å². The van der Waals surface area contributed by atoms with E-state index in [9.17, 15) is 4.79 Å². The summed E-state index contributed by atoms with van der Waals surface area (Å²) in [5, 5.41) is 6.81. The highest BCUT2D eigenvalue weighted by atomic mass is 16.2. The van der Waals surface area contributed by atoms with Crippen molar-refractivity contribution >= 4 is 5.91 Å². The van der Waals surface area contributed by atoms with Gasteiger partial charge in [0.15, 0.2) is 0 Å². The number of carbonyl (C=O) groups is 1. The number of hydrogen-bond donors (Lipinski definition) is 2. The molecule has 0 fully saturated rings. The van der Waals surface area contributed by atoms with Crippen molar-refractivity contribution in [2.24, 2.45) is 5.73 Å². The number of nitrogens with two attached hydrogens (primary N) is 1. The van der Waals surface area contributed by atoms with Crippen molar-refractivity contribution in [3.8, 4) is 0 Å². The molecule has 1 aromatic rings. The largest absolute Gasteiger partial charge is 0.353 e. The average Bonchev–Trinajstić information content (AvgIpc) is 2.51. The first-order chi connectivity index (χ1) is 6.59. The van der Waals surface area contributed by atoms with E-state index in [-0.39, 0.29) is 5.91 Å². The molecule has 0 saturated heterocycles. The third kappa shape index (κ3) is 3.18.